The summed E-state index contributed by atoms with van der Waals surface area (Å²) in [6, 6.07) is 5.69. The molecular weight excluding hydrogens is 299 g/mol. The summed E-state index contributed by atoms with van der Waals surface area (Å²) in [5.41, 5.74) is 0.747. The maximum Gasteiger partial charge on any atom is 0.263 e. The molecule has 0 radical (unpaired) electrons. The number of hydrogen-bond acceptors (Lipinski definition) is 4. The minimum atomic E-state index is -3.65. The molecule has 108 valence electrons. The Morgan fingerprint density at radius 3 is 2.70 bits per heavy atom. The van der Waals surface area contributed by atoms with E-state index in [1.54, 1.807) is 25.4 Å². The molecule has 0 fully saturated rings. The third-order valence-electron chi connectivity index (χ3n) is 2.74. The zero-order valence-corrected chi connectivity index (χ0v) is 12.7. The molecule has 7 heteroatoms. The Bertz CT molecular complexity index is 711. The van der Waals surface area contributed by atoms with Gasteiger partial charge in [0.25, 0.3) is 10.0 Å². The van der Waals surface area contributed by atoms with E-state index in [9.17, 15) is 12.8 Å². The van der Waals surface area contributed by atoms with Gasteiger partial charge in [-0.15, -0.1) is 11.3 Å². The fourth-order valence-electron chi connectivity index (χ4n) is 1.78. The van der Waals surface area contributed by atoms with Crippen molar-refractivity contribution in [3.05, 3.63) is 45.9 Å². The number of aryl methyl sites for hydroxylation is 1. The Kier molecular flexibility index (Phi) is 4.42. The van der Waals surface area contributed by atoms with Gasteiger partial charge in [-0.2, -0.15) is 0 Å². The normalized spacial score (nSPS) is 11.6. The summed E-state index contributed by atoms with van der Waals surface area (Å²) >= 11 is 1.38. The standard InChI is InChI=1S/C13H15FN2O2S2/c1-9-7-10(3-4-11(9)14)16-20(17,18)13-5-6-19-12(13)8-15-2/h3-7,15-16H,8H2,1-2H3. The zero-order valence-electron chi connectivity index (χ0n) is 11.1. The van der Waals surface area contributed by atoms with Crippen molar-refractivity contribution in [1.82, 2.24) is 5.32 Å². The fraction of sp³-hybridized carbons (Fsp3) is 0.231. The number of anilines is 1. The molecule has 2 rings (SSSR count). The molecule has 0 aliphatic rings. The monoisotopic (exact) mass is 314 g/mol. The molecule has 0 amide bonds. The molecular formula is C13H15FN2O2S2. The molecule has 20 heavy (non-hydrogen) atoms. The number of benzene rings is 1. The van der Waals surface area contributed by atoms with E-state index >= 15 is 0 Å². The van der Waals surface area contributed by atoms with Gasteiger partial charge in [0.05, 0.1) is 0 Å². The molecule has 1 aromatic heterocycles. The highest BCUT2D eigenvalue weighted by atomic mass is 32.2. The Labute approximate surface area is 121 Å². The molecule has 0 saturated carbocycles. The molecule has 0 atom stereocenters. The number of halogens is 1. The average Bonchev–Trinajstić information content (AvgIpc) is 2.83. The number of thiophene rings is 1. The van der Waals surface area contributed by atoms with Crippen molar-refractivity contribution in [2.75, 3.05) is 11.8 Å². The molecule has 0 spiro atoms. The van der Waals surface area contributed by atoms with Crippen LogP contribution in [0.3, 0.4) is 0 Å². The third-order valence-corrected chi connectivity index (χ3v) is 5.26. The molecule has 0 unspecified atom stereocenters. The van der Waals surface area contributed by atoms with Crippen LogP contribution in [0, 0.1) is 12.7 Å². The van der Waals surface area contributed by atoms with E-state index < -0.39 is 10.0 Å². The third kappa shape index (κ3) is 3.17. The molecule has 0 bridgehead atoms. The second-order valence-corrected chi connectivity index (χ2v) is 6.96. The summed E-state index contributed by atoms with van der Waals surface area (Å²) in [6.07, 6.45) is 0. The van der Waals surface area contributed by atoms with Crippen LogP contribution in [-0.2, 0) is 16.6 Å². The highest BCUT2D eigenvalue weighted by Crippen LogP contribution is 2.25. The van der Waals surface area contributed by atoms with Crippen molar-refractivity contribution in [3.8, 4) is 0 Å². The smallest absolute Gasteiger partial charge is 0.263 e. The van der Waals surface area contributed by atoms with Crippen LogP contribution >= 0.6 is 11.3 Å². The summed E-state index contributed by atoms with van der Waals surface area (Å²) < 4.78 is 40.3. The van der Waals surface area contributed by atoms with Crippen molar-refractivity contribution in [2.24, 2.45) is 0 Å². The van der Waals surface area contributed by atoms with Crippen LogP contribution in [0.4, 0.5) is 10.1 Å². The van der Waals surface area contributed by atoms with Crippen molar-refractivity contribution in [2.45, 2.75) is 18.4 Å². The van der Waals surface area contributed by atoms with Gasteiger partial charge in [0, 0.05) is 17.1 Å². The van der Waals surface area contributed by atoms with Gasteiger partial charge in [-0.1, -0.05) is 0 Å². The number of nitrogens with one attached hydrogen (secondary N) is 2. The van der Waals surface area contributed by atoms with E-state index in [1.165, 1.54) is 29.5 Å². The fourth-order valence-corrected chi connectivity index (χ4v) is 4.28. The molecule has 0 aliphatic carbocycles. The van der Waals surface area contributed by atoms with E-state index in [1.807, 2.05) is 0 Å². The largest absolute Gasteiger partial charge is 0.315 e. The Hall–Kier alpha value is -1.44. The highest BCUT2D eigenvalue weighted by Gasteiger charge is 2.19. The first-order valence-corrected chi connectivity index (χ1v) is 8.30. The molecule has 4 nitrogen and oxygen atoms in total. The van der Waals surface area contributed by atoms with Gasteiger partial charge in [-0.25, -0.2) is 12.8 Å². The summed E-state index contributed by atoms with van der Waals surface area (Å²) in [6.45, 7) is 2.07. The lowest BCUT2D eigenvalue weighted by Gasteiger charge is -2.09. The van der Waals surface area contributed by atoms with Gasteiger partial charge in [0.15, 0.2) is 0 Å². The number of rotatable bonds is 5. The first-order chi connectivity index (χ1) is 9.44. The lowest BCUT2D eigenvalue weighted by atomic mass is 10.2. The van der Waals surface area contributed by atoms with Gasteiger partial charge in [0.2, 0.25) is 0 Å². The molecule has 0 aliphatic heterocycles. The van der Waals surface area contributed by atoms with E-state index in [2.05, 4.69) is 10.0 Å². The summed E-state index contributed by atoms with van der Waals surface area (Å²) in [5, 5.41) is 4.66. The second kappa shape index (κ2) is 5.90. The van der Waals surface area contributed by atoms with Gasteiger partial charge in [0.1, 0.15) is 10.7 Å². The van der Waals surface area contributed by atoms with Crippen LogP contribution in [0.2, 0.25) is 0 Å². The van der Waals surface area contributed by atoms with Gasteiger partial charge in [-0.05, 0) is 49.2 Å². The minimum absolute atomic E-state index is 0.249. The van der Waals surface area contributed by atoms with Crippen molar-refractivity contribution < 1.29 is 12.8 Å². The molecule has 1 heterocycles. The van der Waals surface area contributed by atoms with Crippen LogP contribution in [-0.4, -0.2) is 15.5 Å². The average molecular weight is 314 g/mol. The maximum absolute atomic E-state index is 13.2. The van der Waals surface area contributed by atoms with Crippen LogP contribution in [0.15, 0.2) is 34.5 Å². The minimum Gasteiger partial charge on any atom is -0.315 e. The van der Waals surface area contributed by atoms with Gasteiger partial charge in [-0.3, -0.25) is 4.72 Å². The van der Waals surface area contributed by atoms with Crippen molar-refractivity contribution in [3.63, 3.8) is 0 Å². The molecule has 1 aromatic carbocycles. The predicted octanol–water partition coefficient (Wildman–Crippen LogP) is 2.72. The van der Waals surface area contributed by atoms with Crippen molar-refractivity contribution >= 4 is 27.0 Å². The van der Waals surface area contributed by atoms with E-state index in [4.69, 9.17) is 0 Å². The van der Waals surface area contributed by atoms with Crippen LogP contribution in [0.25, 0.3) is 0 Å². The topological polar surface area (TPSA) is 58.2 Å². The zero-order chi connectivity index (χ0) is 14.8. The Morgan fingerprint density at radius 2 is 2.05 bits per heavy atom. The number of hydrogen-bond donors (Lipinski definition) is 2. The van der Waals surface area contributed by atoms with Gasteiger partial charge < -0.3 is 5.32 Å². The SMILES string of the molecule is CNCc1sccc1S(=O)(=O)Nc1ccc(F)c(C)c1. The Balaban J connectivity index is 2.30. The lowest BCUT2D eigenvalue weighted by Crippen LogP contribution is -2.15. The van der Waals surface area contributed by atoms with E-state index in [0.29, 0.717) is 17.8 Å². The molecule has 0 saturated heterocycles. The summed E-state index contributed by atoms with van der Waals surface area (Å²) in [7, 11) is -1.90. The second-order valence-electron chi connectivity index (χ2n) is 4.31. The van der Waals surface area contributed by atoms with Crippen LogP contribution in [0.1, 0.15) is 10.4 Å². The number of sulfonamides is 1. The van der Waals surface area contributed by atoms with Crippen LogP contribution < -0.4 is 10.0 Å². The van der Waals surface area contributed by atoms with Crippen LogP contribution in [0.5, 0.6) is 0 Å². The lowest BCUT2D eigenvalue weighted by molar-refractivity contribution is 0.599. The van der Waals surface area contributed by atoms with Gasteiger partial charge >= 0.3 is 0 Å². The summed E-state index contributed by atoms with van der Waals surface area (Å²) in [5.74, 6) is -0.362. The van der Waals surface area contributed by atoms with E-state index in [0.717, 1.165) is 4.88 Å². The molecule has 2 N–H and O–H groups in total. The first kappa shape index (κ1) is 15.0. The quantitative estimate of drug-likeness (QED) is 0.892. The predicted molar refractivity (Wildman–Crippen MR) is 79.0 cm³/mol. The molecule has 2 aromatic rings. The summed E-state index contributed by atoms with van der Waals surface area (Å²) in [4.78, 5) is 0.984. The van der Waals surface area contributed by atoms with Crippen molar-refractivity contribution in [1.29, 1.82) is 0 Å². The van der Waals surface area contributed by atoms with E-state index in [-0.39, 0.29) is 10.7 Å². The highest BCUT2D eigenvalue weighted by molar-refractivity contribution is 7.93. The maximum atomic E-state index is 13.2. The first-order valence-electron chi connectivity index (χ1n) is 5.94. The Morgan fingerprint density at radius 1 is 1.30 bits per heavy atom.